The van der Waals surface area contributed by atoms with Crippen molar-refractivity contribution in [3.63, 3.8) is 0 Å². The Morgan fingerprint density at radius 1 is 1.50 bits per heavy atom. The molecule has 0 radical (unpaired) electrons. The molecule has 0 aliphatic heterocycles. The zero-order valence-corrected chi connectivity index (χ0v) is 11.9. The molecule has 0 amide bonds. The molecule has 20 heavy (non-hydrogen) atoms. The van der Waals surface area contributed by atoms with E-state index in [1.54, 1.807) is 10.9 Å². The second-order valence-electron chi connectivity index (χ2n) is 5.17. The summed E-state index contributed by atoms with van der Waals surface area (Å²) >= 11 is 1.38. The lowest BCUT2D eigenvalue weighted by Crippen LogP contribution is -2.29. The van der Waals surface area contributed by atoms with E-state index >= 15 is 0 Å². The van der Waals surface area contributed by atoms with Gasteiger partial charge in [-0.25, -0.2) is 9.67 Å². The van der Waals surface area contributed by atoms with Crippen LogP contribution in [-0.4, -0.2) is 25.0 Å². The number of H-pyrrole nitrogens is 1. The molecule has 0 saturated heterocycles. The van der Waals surface area contributed by atoms with Gasteiger partial charge in [0.25, 0.3) is 5.56 Å². The summed E-state index contributed by atoms with van der Waals surface area (Å²) in [7, 11) is 0. The van der Waals surface area contributed by atoms with E-state index in [0.717, 1.165) is 0 Å². The Hall–Kier alpha value is -2.06. The summed E-state index contributed by atoms with van der Waals surface area (Å²) < 4.78 is 2.25. The number of aromatic nitrogens is 5. The molecule has 7 nitrogen and oxygen atoms in total. The molecule has 0 spiro atoms. The minimum Gasteiger partial charge on any atom is -0.320 e. The molecular formula is C12H14N6OS. The van der Waals surface area contributed by atoms with E-state index in [1.807, 2.05) is 25.3 Å². The van der Waals surface area contributed by atoms with Gasteiger partial charge >= 0.3 is 0 Å². The average Bonchev–Trinajstić information content (AvgIpc) is 2.96. The molecule has 0 unspecified atom stereocenters. The van der Waals surface area contributed by atoms with Crippen LogP contribution >= 0.6 is 11.3 Å². The van der Waals surface area contributed by atoms with Crippen LogP contribution in [0.2, 0.25) is 0 Å². The van der Waals surface area contributed by atoms with E-state index in [9.17, 15) is 4.79 Å². The minimum atomic E-state index is -0.545. The maximum Gasteiger partial charge on any atom is 0.268 e. The van der Waals surface area contributed by atoms with Gasteiger partial charge in [-0.05, 0) is 25.3 Å². The first-order valence-corrected chi connectivity index (χ1v) is 6.97. The zero-order chi connectivity index (χ0) is 14.3. The smallest absolute Gasteiger partial charge is 0.268 e. The molecule has 0 atom stereocenters. The van der Waals surface area contributed by atoms with Gasteiger partial charge in [-0.3, -0.25) is 4.79 Å². The highest BCUT2D eigenvalue weighted by atomic mass is 32.1. The van der Waals surface area contributed by atoms with Gasteiger partial charge in [-0.2, -0.15) is 0 Å². The fourth-order valence-corrected chi connectivity index (χ4v) is 2.55. The highest BCUT2D eigenvalue weighted by molar-refractivity contribution is 7.17. The predicted octanol–water partition coefficient (Wildman–Crippen LogP) is 0.818. The van der Waals surface area contributed by atoms with Crippen LogP contribution in [0.25, 0.3) is 10.2 Å². The first-order chi connectivity index (χ1) is 9.43. The van der Waals surface area contributed by atoms with Crippen molar-refractivity contribution in [1.82, 2.24) is 25.0 Å². The van der Waals surface area contributed by atoms with E-state index in [1.165, 1.54) is 11.3 Å². The normalized spacial score (nSPS) is 12.2. The lowest BCUT2D eigenvalue weighted by atomic mass is 10.0. The molecule has 0 saturated carbocycles. The van der Waals surface area contributed by atoms with Gasteiger partial charge in [0.2, 0.25) is 0 Å². The largest absolute Gasteiger partial charge is 0.320 e. The highest BCUT2D eigenvalue weighted by Gasteiger charge is 2.18. The number of fused-ring (bicyclic) bond motifs is 1. The molecule has 0 aliphatic rings. The number of hydrogen-bond acceptors (Lipinski definition) is 6. The summed E-state index contributed by atoms with van der Waals surface area (Å²) in [6, 6.07) is 1.83. The van der Waals surface area contributed by atoms with Crippen LogP contribution in [0.1, 0.15) is 25.4 Å². The van der Waals surface area contributed by atoms with Crippen LogP contribution in [0.4, 0.5) is 0 Å². The first kappa shape index (κ1) is 12.9. The maximum absolute atomic E-state index is 11.9. The summed E-state index contributed by atoms with van der Waals surface area (Å²) in [5.41, 5.74) is 6.68. The molecule has 3 N–H and O–H groups in total. The number of rotatable bonds is 3. The number of nitrogens with two attached hydrogens (primary N) is 1. The average molecular weight is 290 g/mol. The predicted molar refractivity (Wildman–Crippen MR) is 76.6 cm³/mol. The van der Waals surface area contributed by atoms with E-state index in [2.05, 4.69) is 20.3 Å². The van der Waals surface area contributed by atoms with Crippen molar-refractivity contribution in [3.05, 3.63) is 39.5 Å². The second kappa shape index (κ2) is 4.50. The molecule has 0 aliphatic carbocycles. The molecule has 3 aromatic heterocycles. The van der Waals surface area contributed by atoms with Crippen molar-refractivity contribution < 1.29 is 0 Å². The Labute approximate surface area is 118 Å². The van der Waals surface area contributed by atoms with Crippen LogP contribution in [0, 0.1) is 0 Å². The summed E-state index contributed by atoms with van der Waals surface area (Å²) in [6.45, 7) is 4.07. The third-order valence-electron chi connectivity index (χ3n) is 2.87. The third-order valence-corrected chi connectivity index (χ3v) is 3.78. The van der Waals surface area contributed by atoms with Gasteiger partial charge in [-0.1, -0.05) is 5.21 Å². The Bertz CT molecular complexity index is 809. The molecule has 8 heteroatoms. The van der Waals surface area contributed by atoms with Gasteiger partial charge in [0.05, 0.1) is 17.3 Å². The maximum atomic E-state index is 11.9. The molecule has 0 fully saturated rings. The fourth-order valence-electron chi connectivity index (χ4n) is 1.82. The first-order valence-electron chi connectivity index (χ1n) is 6.09. The van der Waals surface area contributed by atoms with Gasteiger partial charge in [0, 0.05) is 0 Å². The second-order valence-corrected chi connectivity index (χ2v) is 6.09. The summed E-state index contributed by atoms with van der Waals surface area (Å²) in [6.07, 6.45) is 1.76. The van der Waals surface area contributed by atoms with Crippen molar-refractivity contribution in [1.29, 1.82) is 0 Å². The van der Waals surface area contributed by atoms with Crippen LogP contribution < -0.4 is 11.3 Å². The van der Waals surface area contributed by atoms with Crippen molar-refractivity contribution in [2.45, 2.75) is 25.9 Å². The van der Waals surface area contributed by atoms with Crippen molar-refractivity contribution in [3.8, 4) is 0 Å². The van der Waals surface area contributed by atoms with E-state index in [0.29, 0.717) is 28.3 Å². The number of thiophene rings is 1. The molecule has 0 aromatic carbocycles. The van der Waals surface area contributed by atoms with Crippen molar-refractivity contribution in [2.24, 2.45) is 5.73 Å². The monoisotopic (exact) mass is 290 g/mol. The standard InChI is InChI=1S/C12H14N6OS/c1-12(2,13)8-5-18(17-16-8)6-9-14-7-3-4-20-10(7)11(19)15-9/h3-5H,6,13H2,1-2H3,(H,14,15,19). The van der Waals surface area contributed by atoms with Gasteiger partial charge < -0.3 is 10.7 Å². The van der Waals surface area contributed by atoms with Gasteiger partial charge in [0.1, 0.15) is 22.8 Å². The van der Waals surface area contributed by atoms with Crippen molar-refractivity contribution in [2.75, 3.05) is 0 Å². The lowest BCUT2D eigenvalue weighted by Gasteiger charge is -2.13. The van der Waals surface area contributed by atoms with E-state index in [4.69, 9.17) is 5.73 Å². The van der Waals surface area contributed by atoms with Crippen LogP contribution in [0.15, 0.2) is 22.4 Å². The quantitative estimate of drug-likeness (QED) is 0.743. The summed E-state index contributed by atoms with van der Waals surface area (Å²) in [5, 5.41) is 9.88. The molecule has 0 bridgehead atoms. The highest BCUT2D eigenvalue weighted by Crippen LogP contribution is 2.15. The Morgan fingerprint density at radius 3 is 3.00 bits per heavy atom. The minimum absolute atomic E-state index is 0.125. The summed E-state index contributed by atoms with van der Waals surface area (Å²) in [4.78, 5) is 19.0. The SMILES string of the molecule is CC(C)(N)c1cn(Cc2nc3ccsc3c(=O)[nH]2)nn1. The van der Waals surface area contributed by atoms with Crippen LogP contribution in [0.5, 0.6) is 0 Å². The van der Waals surface area contributed by atoms with Gasteiger partial charge in [0.15, 0.2) is 0 Å². The molecule has 104 valence electrons. The number of hydrogen-bond donors (Lipinski definition) is 2. The molecule has 3 rings (SSSR count). The van der Waals surface area contributed by atoms with Crippen LogP contribution in [-0.2, 0) is 12.1 Å². The summed E-state index contributed by atoms with van der Waals surface area (Å²) in [5.74, 6) is 0.548. The molecule has 3 heterocycles. The van der Waals surface area contributed by atoms with Crippen molar-refractivity contribution >= 4 is 21.6 Å². The molecule has 3 aromatic rings. The number of nitrogens with one attached hydrogen (secondary N) is 1. The number of nitrogens with zero attached hydrogens (tertiary/aromatic N) is 4. The van der Waals surface area contributed by atoms with Crippen LogP contribution in [0.3, 0.4) is 0 Å². The Balaban J connectivity index is 1.93. The van der Waals surface area contributed by atoms with E-state index < -0.39 is 5.54 Å². The van der Waals surface area contributed by atoms with E-state index in [-0.39, 0.29) is 5.56 Å². The molecular weight excluding hydrogens is 276 g/mol. The topological polar surface area (TPSA) is 102 Å². The Morgan fingerprint density at radius 2 is 2.30 bits per heavy atom. The fraction of sp³-hybridized carbons (Fsp3) is 0.333. The lowest BCUT2D eigenvalue weighted by molar-refractivity contribution is 0.533. The number of aromatic amines is 1. The van der Waals surface area contributed by atoms with Gasteiger partial charge in [-0.15, -0.1) is 16.4 Å². The zero-order valence-electron chi connectivity index (χ0n) is 11.1. The Kier molecular flexibility index (Phi) is 2.91. The third kappa shape index (κ3) is 2.35.